The predicted molar refractivity (Wildman–Crippen MR) is 64.9 cm³/mol. The fourth-order valence-corrected chi connectivity index (χ4v) is 1.45. The Morgan fingerprint density at radius 3 is 2.41 bits per heavy atom. The molecule has 0 aliphatic carbocycles. The van der Waals surface area contributed by atoms with Gasteiger partial charge >= 0.3 is 0 Å². The number of nitro groups is 1. The number of carbonyl (C=O) groups is 1. The average molecular weight is 236 g/mol. The SMILES string of the molecule is CCC(C)(C)c1cc(C(N)=O)cc([N+](=O)[O-])c1. The second-order valence-corrected chi connectivity index (χ2v) is 4.63. The monoisotopic (exact) mass is 236 g/mol. The molecule has 0 heterocycles. The third kappa shape index (κ3) is 2.81. The molecular formula is C12H16N2O3. The number of hydrogen-bond donors (Lipinski definition) is 1. The molecule has 0 radical (unpaired) electrons. The molecule has 1 aromatic rings. The van der Waals surface area contributed by atoms with Crippen molar-refractivity contribution >= 4 is 11.6 Å². The minimum Gasteiger partial charge on any atom is -0.366 e. The first kappa shape index (κ1) is 13.2. The quantitative estimate of drug-likeness (QED) is 0.643. The smallest absolute Gasteiger partial charge is 0.270 e. The Bertz CT molecular complexity index is 435. The molecule has 0 atom stereocenters. The van der Waals surface area contributed by atoms with Crippen LogP contribution < -0.4 is 5.73 Å². The van der Waals surface area contributed by atoms with Gasteiger partial charge in [-0.1, -0.05) is 20.8 Å². The molecule has 92 valence electrons. The van der Waals surface area contributed by atoms with Gasteiger partial charge in [-0.2, -0.15) is 0 Å². The van der Waals surface area contributed by atoms with Gasteiger partial charge < -0.3 is 5.73 Å². The van der Waals surface area contributed by atoms with Crippen LogP contribution in [0.5, 0.6) is 0 Å². The van der Waals surface area contributed by atoms with Crippen molar-refractivity contribution in [2.75, 3.05) is 0 Å². The van der Waals surface area contributed by atoms with Crippen molar-refractivity contribution in [1.29, 1.82) is 0 Å². The van der Waals surface area contributed by atoms with E-state index in [4.69, 9.17) is 5.73 Å². The second-order valence-electron chi connectivity index (χ2n) is 4.63. The number of nitrogens with two attached hydrogens (primary N) is 1. The van der Waals surface area contributed by atoms with Crippen molar-refractivity contribution in [3.8, 4) is 0 Å². The molecule has 5 heteroatoms. The van der Waals surface area contributed by atoms with E-state index in [1.54, 1.807) is 6.07 Å². The highest BCUT2D eigenvalue weighted by Crippen LogP contribution is 2.30. The zero-order valence-corrected chi connectivity index (χ0v) is 10.2. The van der Waals surface area contributed by atoms with E-state index in [1.165, 1.54) is 12.1 Å². The molecule has 5 nitrogen and oxygen atoms in total. The molecule has 1 amide bonds. The average Bonchev–Trinajstić information content (AvgIpc) is 2.28. The van der Waals surface area contributed by atoms with Crippen LogP contribution in [0, 0.1) is 10.1 Å². The number of nitrogens with zero attached hydrogens (tertiary/aromatic N) is 1. The van der Waals surface area contributed by atoms with Crippen molar-refractivity contribution in [2.45, 2.75) is 32.6 Å². The maximum atomic E-state index is 11.1. The summed E-state index contributed by atoms with van der Waals surface area (Å²) in [7, 11) is 0. The topological polar surface area (TPSA) is 86.2 Å². The fraction of sp³-hybridized carbons (Fsp3) is 0.417. The van der Waals surface area contributed by atoms with Gasteiger partial charge in [0.25, 0.3) is 5.69 Å². The van der Waals surface area contributed by atoms with E-state index in [-0.39, 0.29) is 16.7 Å². The molecule has 0 saturated carbocycles. The Balaban J connectivity index is 3.41. The second kappa shape index (κ2) is 4.53. The number of benzene rings is 1. The summed E-state index contributed by atoms with van der Waals surface area (Å²) in [6.07, 6.45) is 0.812. The highest BCUT2D eigenvalue weighted by Gasteiger charge is 2.22. The Morgan fingerprint density at radius 2 is 2.00 bits per heavy atom. The number of primary amides is 1. The first-order chi connectivity index (χ1) is 7.77. The molecule has 2 N–H and O–H groups in total. The van der Waals surface area contributed by atoms with E-state index >= 15 is 0 Å². The lowest BCUT2D eigenvalue weighted by molar-refractivity contribution is -0.385. The lowest BCUT2D eigenvalue weighted by Gasteiger charge is -2.23. The van der Waals surface area contributed by atoms with Crippen LogP contribution in [0.25, 0.3) is 0 Å². The van der Waals surface area contributed by atoms with Crippen molar-refractivity contribution in [3.63, 3.8) is 0 Å². The van der Waals surface area contributed by atoms with E-state index in [2.05, 4.69) is 0 Å². The van der Waals surface area contributed by atoms with Crippen LogP contribution in [-0.2, 0) is 5.41 Å². The number of rotatable bonds is 4. The molecule has 0 aliphatic rings. The van der Waals surface area contributed by atoms with E-state index in [0.717, 1.165) is 12.0 Å². The van der Waals surface area contributed by atoms with Crippen molar-refractivity contribution in [1.82, 2.24) is 0 Å². The van der Waals surface area contributed by atoms with Gasteiger partial charge in [-0.25, -0.2) is 0 Å². The maximum absolute atomic E-state index is 11.1. The minimum atomic E-state index is -0.651. The third-order valence-electron chi connectivity index (χ3n) is 3.08. The van der Waals surface area contributed by atoms with E-state index in [9.17, 15) is 14.9 Å². The molecule has 0 unspecified atom stereocenters. The van der Waals surface area contributed by atoms with Crippen LogP contribution in [0.2, 0.25) is 0 Å². The summed E-state index contributed by atoms with van der Waals surface area (Å²) in [6, 6.07) is 4.33. The molecule has 0 bridgehead atoms. The number of nitro benzene ring substituents is 1. The van der Waals surface area contributed by atoms with E-state index in [0.29, 0.717) is 0 Å². The van der Waals surface area contributed by atoms with E-state index in [1.807, 2.05) is 20.8 Å². The normalized spacial score (nSPS) is 11.2. The van der Waals surface area contributed by atoms with Crippen LogP contribution in [0.15, 0.2) is 18.2 Å². The molecule has 0 spiro atoms. The molecule has 0 fully saturated rings. The van der Waals surface area contributed by atoms with Crippen molar-refractivity contribution in [2.24, 2.45) is 5.73 Å². The fourth-order valence-electron chi connectivity index (χ4n) is 1.45. The summed E-state index contributed by atoms with van der Waals surface area (Å²) in [5.74, 6) is -0.651. The molecule has 1 aromatic carbocycles. The zero-order chi connectivity index (χ0) is 13.2. The summed E-state index contributed by atoms with van der Waals surface area (Å²) in [5, 5.41) is 10.8. The zero-order valence-electron chi connectivity index (χ0n) is 10.2. The highest BCUT2D eigenvalue weighted by molar-refractivity contribution is 5.93. The molecule has 0 saturated heterocycles. The van der Waals surface area contributed by atoms with Gasteiger partial charge in [0.15, 0.2) is 0 Å². The lowest BCUT2D eigenvalue weighted by Crippen LogP contribution is -2.18. The van der Waals surface area contributed by atoms with Crippen LogP contribution >= 0.6 is 0 Å². The largest absolute Gasteiger partial charge is 0.366 e. The van der Waals surface area contributed by atoms with E-state index < -0.39 is 10.8 Å². The van der Waals surface area contributed by atoms with Crippen LogP contribution in [0.4, 0.5) is 5.69 Å². The van der Waals surface area contributed by atoms with Gasteiger partial charge in [0.1, 0.15) is 0 Å². The number of hydrogen-bond acceptors (Lipinski definition) is 3. The lowest BCUT2D eigenvalue weighted by atomic mass is 9.81. The van der Waals surface area contributed by atoms with Gasteiger partial charge in [-0.05, 0) is 23.5 Å². The summed E-state index contributed by atoms with van der Waals surface area (Å²) in [4.78, 5) is 21.4. The molecule has 0 aliphatic heterocycles. The number of amides is 1. The van der Waals surface area contributed by atoms with Crippen LogP contribution in [0.3, 0.4) is 0 Å². The van der Waals surface area contributed by atoms with Gasteiger partial charge in [-0.3, -0.25) is 14.9 Å². The minimum absolute atomic E-state index is 0.0992. The van der Waals surface area contributed by atoms with Crippen molar-refractivity contribution in [3.05, 3.63) is 39.4 Å². The van der Waals surface area contributed by atoms with Gasteiger partial charge in [0.2, 0.25) is 5.91 Å². The third-order valence-corrected chi connectivity index (χ3v) is 3.08. The standard InChI is InChI=1S/C12H16N2O3/c1-4-12(2,3)9-5-8(11(13)15)6-10(7-9)14(16)17/h5-7H,4H2,1-3H3,(H2,13,15). The Morgan fingerprint density at radius 1 is 1.41 bits per heavy atom. The molecular weight excluding hydrogens is 220 g/mol. The van der Waals surface area contributed by atoms with Crippen molar-refractivity contribution < 1.29 is 9.72 Å². The summed E-state index contributed by atoms with van der Waals surface area (Å²) in [5.41, 5.74) is 5.78. The van der Waals surface area contributed by atoms with Gasteiger partial charge in [0.05, 0.1) is 4.92 Å². The Labute approximate surface area is 99.8 Å². The first-order valence-corrected chi connectivity index (χ1v) is 5.37. The molecule has 1 rings (SSSR count). The predicted octanol–water partition coefficient (Wildman–Crippen LogP) is 2.38. The van der Waals surface area contributed by atoms with Crippen LogP contribution in [0.1, 0.15) is 43.1 Å². The summed E-state index contributed by atoms with van der Waals surface area (Å²) < 4.78 is 0. The van der Waals surface area contributed by atoms with Gasteiger partial charge in [0, 0.05) is 17.7 Å². The van der Waals surface area contributed by atoms with Crippen LogP contribution in [-0.4, -0.2) is 10.8 Å². The first-order valence-electron chi connectivity index (χ1n) is 5.37. The summed E-state index contributed by atoms with van der Waals surface area (Å²) >= 11 is 0. The maximum Gasteiger partial charge on any atom is 0.270 e. The van der Waals surface area contributed by atoms with Gasteiger partial charge in [-0.15, -0.1) is 0 Å². The molecule has 17 heavy (non-hydrogen) atoms. The Hall–Kier alpha value is -1.91. The Kier molecular flexibility index (Phi) is 3.50. The number of non-ortho nitro benzene ring substituents is 1. The molecule has 0 aromatic heterocycles. The summed E-state index contributed by atoms with van der Waals surface area (Å²) in [6.45, 7) is 5.93. The number of carbonyl (C=O) groups excluding carboxylic acids is 1. The highest BCUT2D eigenvalue weighted by atomic mass is 16.6.